The Morgan fingerprint density at radius 3 is 2.62 bits per heavy atom. The van der Waals surface area contributed by atoms with Crippen LogP contribution >= 0.6 is 0 Å². The van der Waals surface area contributed by atoms with Gasteiger partial charge in [-0.2, -0.15) is 0 Å². The molecule has 1 amide bonds. The molecule has 26 heavy (non-hydrogen) atoms. The summed E-state index contributed by atoms with van der Waals surface area (Å²) < 4.78 is 5.34. The van der Waals surface area contributed by atoms with Gasteiger partial charge in [-0.3, -0.25) is 9.69 Å². The highest BCUT2D eigenvalue weighted by Gasteiger charge is 2.43. The molecule has 0 bridgehead atoms. The number of amides is 1. The molecule has 0 aromatic heterocycles. The Balaban J connectivity index is 1.30. The minimum atomic E-state index is 0.221. The van der Waals surface area contributed by atoms with Crippen molar-refractivity contribution in [3.05, 3.63) is 42.0 Å². The summed E-state index contributed by atoms with van der Waals surface area (Å²) in [6.07, 6.45) is 9.81. The summed E-state index contributed by atoms with van der Waals surface area (Å²) in [5.74, 6) is 1.55. The lowest BCUT2D eigenvalue weighted by Gasteiger charge is -2.39. The number of hydrogen-bond acceptors (Lipinski definition) is 3. The van der Waals surface area contributed by atoms with E-state index in [4.69, 9.17) is 4.74 Å². The number of likely N-dealkylation sites (tertiary alicyclic amines) is 2. The Morgan fingerprint density at radius 2 is 1.88 bits per heavy atom. The van der Waals surface area contributed by atoms with Crippen LogP contribution in [0.3, 0.4) is 0 Å². The van der Waals surface area contributed by atoms with Crippen LogP contribution < -0.4 is 4.74 Å². The monoisotopic (exact) mass is 354 g/mol. The largest absolute Gasteiger partial charge is 0.497 e. The van der Waals surface area contributed by atoms with Crippen molar-refractivity contribution in [2.75, 3.05) is 33.3 Å². The fourth-order valence-corrected chi connectivity index (χ4v) is 4.82. The number of ether oxygens (including phenoxy) is 1. The predicted molar refractivity (Wildman–Crippen MR) is 103 cm³/mol. The van der Waals surface area contributed by atoms with Gasteiger partial charge < -0.3 is 9.64 Å². The predicted octanol–water partition coefficient (Wildman–Crippen LogP) is 3.48. The zero-order valence-electron chi connectivity index (χ0n) is 15.8. The van der Waals surface area contributed by atoms with E-state index in [0.29, 0.717) is 11.3 Å². The van der Waals surface area contributed by atoms with Crippen molar-refractivity contribution in [1.82, 2.24) is 9.80 Å². The molecule has 2 fully saturated rings. The quantitative estimate of drug-likeness (QED) is 0.776. The molecule has 3 aliphatic rings. The van der Waals surface area contributed by atoms with E-state index in [1.807, 2.05) is 6.07 Å². The summed E-state index contributed by atoms with van der Waals surface area (Å²) in [5, 5.41) is 0. The van der Waals surface area contributed by atoms with Crippen molar-refractivity contribution < 1.29 is 9.53 Å². The lowest BCUT2D eigenvalue weighted by atomic mass is 9.77. The molecule has 0 radical (unpaired) electrons. The van der Waals surface area contributed by atoms with Gasteiger partial charge in [0.1, 0.15) is 5.75 Å². The standard InChI is InChI=1S/C22H30N2O2/c1-26-20-8-4-5-18(15-20)16-23-12-9-22(10-13-23)11-14-24(17-22)21(25)19-6-2-3-7-19/h2-5,8,15,19H,6-7,9-14,16-17H2,1H3. The van der Waals surface area contributed by atoms with Gasteiger partial charge in [0.05, 0.1) is 7.11 Å². The lowest BCUT2D eigenvalue weighted by molar-refractivity contribution is -0.134. The van der Waals surface area contributed by atoms with E-state index in [2.05, 4.69) is 40.2 Å². The van der Waals surface area contributed by atoms with E-state index < -0.39 is 0 Å². The molecule has 1 aromatic carbocycles. The first-order valence-electron chi connectivity index (χ1n) is 9.97. The van der Waals surface area contributed by atoms with Gasteiger partial charge in [0.25, 0.3) is 0 Å². The van der Waals surface area contributed by atoms with E-state index >= 15 is 0 Å². The molecule has 2 aliphatic heterocycles. The van der Waals surface area contributed by atoms with Gasteiger partial charge in [-0.05, 0) is 68.3 Å². The molecule has 0 unspecified atom stereocenters. The normalized spacial score (nSPS) is 23.0. The van der Waals surface area contributed by atoms with Crippen LogP contribution in [0, 0.1) is 11.3 Å². The Hall–Kier alpha value is -1.81. The zero-order valence-corrected chi connectivity index (χ0v) is 15.8. The van der Waals surface area contributed by atoms with Gasteiger partial charge in [-0.25, -0.2) is 0 Å². The smallest absolute Gasteiger partial charge is 0.226 e. The Kier molecular flexibility index (Phi) is 5.03. The summed E-state index contributed by atoms with van der Waals surface area (Å²) in [5.41, 5.74) is 1.68. The van der Waals surface area contributed by atoms with Gasteiger partial charge in [0.2, 0.25) is 5.91 Å². The average Bonchev–Trinajstić information content (AvgIpc) is 3.34. The molecule has 140 valence electrons. The lowest BCUT2D eigenvalue weighted by Crippen LogP contribution is -2.42. The second kappa shape index (κ2) is 7.43. The molecule has 0 saturated carbocycles. The Morgan fingerprint density at radius 1 is 1.15 bits per heavy atom. The van der Waals surface area contributed by atoms with Crippen molar-refractivity contribution in [2.24, 2.45) is 11.3 Å². The highest BCUT2D eigenvalue weighted by atomic mass is 16.5. The van der Waals surface area contributed by atoms with E-state index in [1.165, 1.54) is 24.8 Å². The molecule has 1 spiro atoms. The molecule has 2 heterocycles. The third kappa shape index (κ3) is 3.66. The minimum Gasteiger partial charge on any atom is -0.497 e. The molecule has 2 saturated heterocycles. The number of carbonyl (C=O) groups excluding carboxylic acids is 1. The fraction of sp³-hybridized carbons (Fsp3) is 0.591. The van der Waals surface area contributed by atoms with Gasteiger partial charge in [0, 0.05) is 25.6 Å². The average molecular weight is 354 g/mol. The maximum Gasteiger partial charge on any atom is 0.226 e. The van der Waals surface area contributed by atoms with Gasteiger partial charge >= 0.3 is 0 Å². The van der Waals surface area contributed by atoms with Crippen molar-refractivity contribution in [1.29, 1.82) is 0 Å². The van der Waals surface area contributed by atoms with Crippen molar-refractivity contribution in [2.45, 2.75) is 38.6 Å². The first-order valence-corrected chi connectivity index (χ1v) is 9.97. The SMILES string of the molecule is COc1cccc(CN2CCC3(CC2)CCN(C(=O)C2CC=CC2)C3)c1. The van der Waals surface area contributed by atoms with Crippen molar-refractivity contribution in [3.8, 4) is 5.75 Å². The number of allylic oxidation sites excluding steroid dienone is 2. The van der Waals surface area contributed by atoms with Crippen LogP contribution in [-0.2, 0) is 11.3 Å². The molecule has 0 atom stereocenters. The molecule has 4 rings (SSSR count). The highest BCUT2D eigenvalue weighted by Crippen LogP contribution is 2.41. The van der Waals surface area contributed by atoms with Gasteiger partial charge in [-0.1, -0.05) is 24.3 Å². The Labute approximate surface area is 156 Å². The molecule has 1 aliphatic carbocycles. The zero-order chi connectivity index (χ0) is 18.0. The first-order chi connectivity index (χ1) is 12.7. The number of hydrogen-bond donors (Lipinski definition) is 0. The number of benzene rings is 1. The number of piperidine rings is 1. The summed E-state index contributed by atoms with van der Waals surface area (Å²) in [6, 6.07) is 8.38. The molecule has 1 aromatic rings. The summed E-state index contributed by atoms with van der Waals surface area (Å²) in [4.78, 5) is 17.4. The van der Waals surface area contributed by atoms with Crippen LogP contribution in [0.4, 0.5) is 0 Å². The second-order valence-electron chi connectivity index (χ2n) is 8.28. The molecule has 0 N–H and O–H groups in total. The van der Waals surface area contributed by atoms with E-state index in [9.17, 15) is 4.79 Å². The molecular formula is C22H30N2O2. The maximum atomic E-state index is 12.7. The minimum absolute atomic E-state index is 0.221. The fourth-order valence-electron chi connectivity index (χ4n) is 4.82. The van der Waals surface area contributed by atoms with Crippen LogP contribution in [0.2, 0.25) is 0 Å². The number of nitrogens with zero attached hydrogens (tertiary/aromatic N) is 2. The second-order valence-corrected chi connectivity index (χ2v) is 8.28. The van der Waals surface area contributed by atoms with E-state index in [0.717, 1.165) is 51.3 Å². The molecular weight excluding hydrogens is 324 g/mol. The van der Waals surface area contributed by atoms with Crippen LogP contribution in [0.1, 0.15) is 37.7 Å². The topological polar surface area (TPSA) is 32.8 Å². The van der Waals surface area contributed by atoms with Gasteiger partial charge in [0.15, 0.2) is 0 Å². The number of rotatable bonds is 4. The van der Waals surface area contributed by atoms with Crippen LogP contribution in [-0.4, -0.2) is 49.0 Å². The molecule has 4 nitrogen and oxygen atoms in total. The van der Waals surface area contributed by atoms with Gasteiger partial charge in [-0.15, -0.1) is 0 Å². The number of carbonyl (C=O) groups is 1. The third-order valence-corrected chi connectivity index (χ3v) is 6.56. The van der Waals surface area contributed by atoms with Crippen molar-refractivity contribution >= 4 is 5.91 Å². The van der Waals surface area contributed by atoms with Crippen LogP contribution in [0.5, 0.6) is 5.75 Å². The van der Waals surface area contributed by atoms with Crippen LogP contribution in [0.25, 0.3) is 0 Å². The third-order valence-electron chi connectivity index (χ3n) is 6.56. The van der Waals surface area contributed by atoms with E-state index in [1.54, 1.807) is 7.11 Å². The van der Waals surface area contributed by atoms with Crippen LogP contribution in [0.15, 0.2) is 36.4 Å². The van der Waals surface area contributed by atoms with E-state index in [-0.39, 0.29) is 5.92 Å². The summed E-state index contributed by atoms with van der Waals surface area (Å²) >= 11 is 0. The maximum absolute atomic E-state index is 12.7. The Bertz CT molecular complexity index is 668. The highest BCUT2D eigenvalue weighted by molar-refractivity contribution is 5.80. The first kappa shape index (κ1) is 17.6. The molecule has 4 heteroatoms. The number of methoxy groups -OCH3 is 1. The summed E-state index contributed by atoms with van der Waals surface area (Å²) in [7, 11) is 1.72. The summed E-state index contributed by atoms with van der Waals surface area (Å²) in [6.45, 7) is 5.19. The van der Waals surface area contributed by atoms with Crippen molar-refractivity contribution in [3.63, 3.8) is 0 Å².